The molecule has 0 aromatic carbocycles. The maximum Gasteiger partial charge on any atom is -0.0139 e. The topological polar surface area (TPSA) is 0 Å². The van der Waals surface area contributed by atoms with Gasteiger partial charge in [-0.2, -0.15) is 0 Å². The molecule has 0 radical (unpaired) electrons. The summed E-state index contributed by atoms with van der Waals surface area (Å²) in [5.41, 5.74) is 1.62. The minimum absolute atomic E-state index is 1.16. The molecule has 0 fully saturated rings. The maximum absolute atomic E-state index is 2.38. The molecule has 0 N–H and O–H groups in total. The van der Waals surface area contributed by atoms with Crippen molar-refractivity contribution >= 4 is 0 Å². The van der Waals surface area contributed by atoms with Gasteiger partial charge in [0, 0.05) is 0 Å². The summed E-state index contributed by atoms with van der Waals surface area (Å²) in [7, 11) is 0. The molecule has 0 rings (SSSR count). The average molecular weight is 180 g/mol. The second kappa shape index (κ2) is 9.57. The van der Waals surface area contributed by atoms with Crippen LogP contribution >= 0.6 is 0 Å². The number of hydrogen-bond donors (Lipinski definition) is 0. The highest BCUT2D eigenvalue weighted by atomic mass is 14.0. The molecule has 0 heteroatoms. The molecule has 0 aromatic heterocycles. The summed E-state index contributed by atoms with van der Waals surface area (Å²) in [5.74, 6) is 0. The van der Waals surface area contributed by atoms with Gasteiger partial charge in [-0.3, -0.25) is 0 Å². The largest absolute Gasteiger partial charge is 0.0885 e. The summed E-state index contributed by atoms with van der Waals surface area (Å²) in [6, 6.07) is 0. The molecule has 0 aromatic rings. The van der Waals surface area contributed by atoms with Crippen molar-refractivity contribution < 1.29 is 0 Å². The van der Waals surface area contributed by atoms with Crippen LogP contribution in [0.5, 0.6) is 0 Å². The van der Waals surface area contributed by atoms with Gasteiger partial charge in [-0.05, 0) is 32.1 Å². The Kier molecular flexibility index (Phi) is 9.18. The highest BCUT2D eigenvalue weighted by Crippen LogP contribution is 2.13. The first kappa shape index (κ1) is 12.5. The molecule has 0 aliphatic rings. The van der Waals surface area contributed by atoms with Gasteiger partial charge in [0.05, 0.1) is 0 Å². The van der Waals surface area contributed by atoms with Crippen LogP contribution in [0.4, 0.5) is 0 Å². The van der Waals surface area contributed by atoms with Crippen molar-refractivity contribution in [3.63, 3.8) is 0 Å². The molecule has 0 unspecified atom stereocenters. The van der Waals surface area contributed by atoms with E-state index in [1.165, 1.54) is 32.1 Å². The smallest absolute Gasteiger partial charge is 0.0139 e. The molecule has 0 saturated carbocycles. The Morgan fingerprint density at radius 1 is 1.00 bits per heavy atom. The van der Waals surface area contributed by atoms with Gasteiger partial charge in [-0.25, -0.2) is 0 Å². The van der Waals surface area contributed by atoms with Crippen molar-refractivity contribution in [1.82, 2.24) is 0 Å². The van der Waals surface area contributed by atoms with Crippen LogP contribution in [0.15, 0.2) is 23.8 Å². The van der Waals surface area contributed by atoms with Gasteiger partial charge in [0.15, 0.2) is 0 Å². The Balaban J connectivity index is 3.80. The fourth-order valence-electron chi connectivity index (χ4n) is 1.38. The molecule has 0 spiro atoms. The van der Waals surface area contributed by atoms with E-state index < -0.39 is 0 Å². The summed E-state index contributed by atoms with van der Waals surface area (Å²) < 4.78 is 0. The predicted molar refractivity (Wildman–Crippen MR) is 61.9 cm³/mol. The molecule has 0 nitrogen and oxygen atoms in total. The zero-order chi connectivity index (χ0) is 9.94. The summed E-state index contributed by atoms with van der Waals surface area (Å²) in [6.07, 6.45) is 14.4. The number of hydrogen-bond acceptors (Lipinski definition) is 0. The maximum atomic E-state index is 2.38. The third-order valence-electron chi connectivity index (χ3n) is 2.13. The Bertz CT molecular complexity index is 151. The highest BCUT2D eigenvalue weighted by Gasteiger charge is 1.93. The van der Waals surface area contributed by atoms with Gasteiger partial charge >= 0.3 is 0 Å². The van der Waals surface area contributed by atoms with E-state index in [4.69, 9.17) is 0 Å². The Labute approximate surface area is 83.7 Å². The van der Waals surface area contributed by atoms with Gasteiger partial charge in [-0.1, -0.05) is 51.0 Å². The van der Waals surface area contributed by atoms with Crippen molar-refractivity contribution in [2.45, 2.75) is 59.3 Å². The van der Waals surface area contributed by atoms with Crippen LogP contribution in [0.25, 0.3) is 0 Å². The van der Waals surface area contributed by atoms with Crippen molar-refractivity contribution in [2.75, 3.05) is 0 Å². The van der Waals surface area contributed by atoms with Crippen molar-refractivity contribution in [1.29, 1.82) is 0 Å². The van der Waals surface area contributed by atoms with E-state index in [-0.39, 0.29) is 0 Å². The molecular weight excluding hydrogens is 156 g/mol. The molecule has 0 bridgehead atoms. The first-order chi connectivity index (χ1) is 6.35. The fraction of sp³-hybridized carbons (Fsp3) is 0.692. The minimum Gasteiger partial charge on any atom is -0.0885 e. The number of rotatable bonds is 7. The molecule has 0 aliphatic carbocycles. The Hall–Kier alpha value is -0.520. The van der Waals surface area contributed by atoms with Crippen LogP contribution < -0.4 is 0 Å². The van der Waals surface area contributed by atoms with Crippen molar-refractivity contribution in [3.8, 4) is 0 Å². The summed E-state index contributed by atoms with van der Waals surface area (Å²) in [4.78, 5) is 0. The van der Waals surface area contributed by atoms with Crippen LogP contribution in [0, 0.1) is 0 Å². The van der Waals surface area contributed by atoms with E-state index in [2.05, 4.69) is 39.0 Å². The standard InChI is InChI=1S/C13H24/c1-4-7-9-12-13(10-6-3)11-8-5-2/h7,9-10H,4-6,8,11-12H2,1-3H3. The monoisotopic (exact) mass is 180 g/mol. The lowest BCUT2D eigenvalue weighted by atomic mass is 10.0. The van der Waals surface area contributed by atoms with Gasteiger partial charge in [-0.15, -0.1) is 0 Å². The quantitative estimate of drug-likeness (QED) is 0.490. The average Bonchev–Trinajstić information content (AvgIpc) is 2.14. The van der Waals surface area contributed by atoms with Gasteiger partial charge in [0.25, 0.3) is 0 Å². The van der Waals surface area contributed by atoms with Gasteiger partial charge in [0.2, 0.25) is 0 Å². The summed E-state index contributed by atoms with van der Waals surface area (Å²) in [5, 5.41) is 0. The molecule has 0 atom stereocenters. The van der Waals surface area contributed by atoms with Crippen LogP contribution in [0.1, 0.15) is 59.3 Å². The van der Waals surface area contributed by atoms with Crippen molar-refractivity contribution in [3.05, 3.63) is 23.8 Å². The Morgan fingerprint density at radius 2 is 1.77 bits per heavy atom. The second-order valence-corrected chi connectivity index (χ2v) is 3.46. The first-order valence-corrected chi connectivity index (χ1v) is 5.68. The minimum atomic E-state index is 1.16. The van der Waals surface area contributed by atoms with Crippen LogP contribution in [-0.2, 0) is 0 Å². The lowest BCUT2D eigenvalue weighted by Gasteiger charge is -2.02. The second-order valence-electron chi connectivity index (χ2n) is 3.46. The number of allylic oxidation sites excluding steroid dienone is 4. The molecule has 0 amide bonds. The van der Waals surface area contributed by atoms with E-state index in [1.807, 2.05) is 0 Å². The molecule has 0 aliphatic heterocycles. The number of unbranched alkanes of at least 4 members (excludes halogenated alkanes) is 1. The molecule has 13 heavy (non-hydrogen) atoms. The molecular formula is C13H24. The van der Waals surface area contributed by atoms with Crippen molar-refractivity contribution in [2.24, 2.45) is 0 Å². The van der Waals surface area contributed by atoms with E-state index in [0.717, 1.165) is 6.42 Å². The molecule has 0 heterocycles. The third-order valence-corrected chi connectivity index (χ3v) is 2.13. The van der Waals surface area contributed by atoms with Gasteiger partial charge < -0.3 is 0 Å². The lowest BCUT2D eigenvalue weighted by molar-refractivity contribution is 0.771. The zero-order valence-corrected chi connectivity index (χ0v) is 9.47. The summed E-state index contributed by atoms with van der Waals surface area (Å²) >= 11 is 0. The van der Waals surface area contributed by atoms with Crippen LogP contribution in [-0.4, -0.2) is 0 Å². The fourth-order valence-corrected chi connectivity index (χ4v) is 1.38. The van der Waals surface area contributed by atoms with Gasteiger partial charge in [0.1, 0.15) is 0 Å². The molecule has 0 saturated heterocycles. The third kappa shape index (κ3) is 7.83. The van der Waals surface area contributed by atoms with E-state index in [0.29, 0.717) is 0 Å². The molecule has 76 valence electrons. The normalized spacial score (nSPS) is 12.7. The lowest BCUT2D eigenvalue weighted by Crippen LogP contribution is -1.82. The van der Waals surface area contributed by atoms with E-state index >= 15 is 0 Å². The van der Waals surface area contributed by atoms with Crippen LogP contribution in [0.2, 0.25) is 0 Å². The van der Waals surface area contributed by atoms with Crippen LogP contribution in [0.3, 0.4) is 0 Å². The zero-order valence-electron chi connectivity index (χ0n) is 9.47. The first-order valence-electron chi connectivity index (χ1n) is 5.68. The summed E-state index contributed by atoms with van der Waals surface area (Å²) in [6.45, 7) is 6.66. The van der Waals surface area contributed by atoms with E-state index in [9.17, 15) is 0 Å². The Morgan fingerprint density at radius 3 is 2.31 bits per heavy atom. The predicted octanol–water partition coefficient (Wildman–Crippen LogP) is 4.87. The highest BCUT2D eigenvalue weighted by molar-refractivity contribution is 5.07. The SMILES string of the molecule is CCC=CCC(=CCC)CCCC. The van der Waals surface area contributed by atoms with E-state index in [1.54, 1.807) is 5.57 Å².